The molecule has 13 heavy (non-hydrogen) atoms. The molecule has 0 radical (unpaired) electrons. The Bertz CT molecular complexity index is 216. The zero-order chi connectivity index (χ0) is 9.84. The lowest BCUT2D eigenvalue weighted by atomic mass is 9.92. The Hall–Kier alpha value is -0.770. The normalized spacial score (nSPS) is 16.2. The van der Waals surface area contributed by atoms with Crippen molar-refractivity contribution >= 4 is 23.5 Å². The second-order valence-corrected chi connectivity index (χ2v) is 3.45. The van der Waals surface area contributed by atoms with Gasteiger partial charge < -0.3 is 4.90 Å². The average Bonchev–Trinajstić information content (AvgIpc) is 2.00. The molecule has 1 aliphatic carbocycles. The van der Waals surface area contributed by atoms with Crippen molar-refractivity contribution in [3.63, 3.8) is 0 Å². The van der Waals surface area contributed by atoms with Gasteiger partial charge in [0.25, 0.3) is 0 Å². The van der Waals surface area contributed by atoms with Crippen LogP contribution >= 0.6 is 11.6 Å². The molecule has 0 saturated heterocycles. The van der Waals surface area contributed by atoms with Crippen LogP contribution in [-0.4, -0.2) is 35.8 Å². The summed E-state index contributed by atoms with van der Waals surface area (Å²) in [5, 5.41) is 2.19. The van der Waals surface area contributed by atoms with Crippen molar-refractivity contribution in [3.8, 4) is 0 Å². The smallest absolute Gasteiger partial charge is 0.324 e. The lowest BCUT2D eigenvalue weighted by molar-refractivity contribution is -0.117. The van der Waals surface area contributed by atoms with Gasteiger partial charge in [-0.05, 0) is 19.3 Å². The topological polar surface area (TPSA) is 49.4 Å². The number of hydrogen-bond donors (Lipinski definition) is 1. The first-order chi connectivity index (χ1) is 6.15. The third kappa shape index (κ3) is 2.59. The van der Waals surface area contributed by atoms with E-state index in [4.69, 9.17) is 11.6 Å². The molecule has 74 valence electrons. The Morgan fingerprint density at radius 1 is 1.54 bits per heavy atom. The van der Waals surface area contributed by atoms with E-state index in [9.17, 15) is 9.59 Å². The van der Waals surface area contributed by atoms with Gasteiger partial charge in [-0.1, -0.05) is 0 Å². The highest BCUT2D eigenvalue weighted by molar-refractivity contribution is 6.28. The van der Waals surface area contributed by atoms with E-state index < -0.39 is 5.91 Å². The van der Waals surface area contributed by atoms with Crippen LogP contribution in [0, 0.1) is 0 Å². The second-order valence-electron chi connectivity index (χ2n) is 3.18. The highest BCUT2D eigenvalue weighted by Crippen LogP contribution is 2.23. The first-order valence-corrected chi connectivity index (χ1v) is 4.81. The Labute approximate surface area is 82.2 Å². The predicted molar refractivity (Wildman–Crippen MR) is 49.7 cm³/mol. The van der Waals surface area contributed by atoms with Crippen LogP contribution < -0.4 is 5.32 Å². The number of nitrogens with one attached hydrogen (secondary N) is 1. The van der Waals surface area contributed by atoms with Crippen LogP contribution in [0.15, 0.2) is 0 Å². The number of amides is 3. The molecular weight excluding hydrogens is 192 g/mol. The first kappa shape index (κ1) is 10.3. The molecule has 0 spiro atoms. The van der Waals surface area contributed by atoms with E-state index >= 15 is 0 Å². The van der Waals surface area contributed by atoms with Crippen molar-refractivity contribution in [2.75, 3.05) is 12.9 Å². The van der Waals surface area contributed by atoms with Crippen molar-refractivity contribution < 1.29 is 9.59 Å². The van der Waals surface area contributed by atoms with E-state index in [-0.39, 0.29) is 11.9 Å². The van der Waals surface area contributed by atoms with Crippen LogP contribution in [0.5, 0.6) is 0 Å². The van der Waals surface area contributed by atoms with Crippen LogP contribution in [-0.2, 0) is 4.79 Å². The van der Waals surface area contributed by atoms with E-state index in [1.54, 1.807) is 11.9 Å². The van der Waals surface area contributed by atoms with Gasteiger partial charge in [0.1, 0.15) is 5.88 Å². The van der Waals surface area contributed by atoms with E-state index in [0.29, 0.717) is 6.04 Å². The number of nitrogens with zero attached hydrogens (tertiary/aromatic N) is 1. The summed E-state index contributed by atoms with van der Waals surface area (Å²) >= 11 is 5.25. The van der Waals surface area contributed by atoms with E-state index in [2.05, 4.69) is 5.32 Å². The third-order valence-electron chi connectivity index (χ3n) is 2.31. The summed E-state index contributed by atoms with van der Waals surface area (Å²) in [4.78, 5) is 23.6. The van der Waals surface area contributed by atoms with Gasteiger partial charge in [-0.3, -0.25) is 10.1 Å². The van der Waals surface area contributed by atoms with Gasteiger partial charge in [0.05, 0.1) is 0 Å². The summed E-state index contributed by atoms with van der Waals surface area (Å²) < 4.78 is 0. The molecule has 1 N–H and O–H groups in total. The van der Waals surface area contributed by atoms with Gasteiger partial charge >= 0.3 is 6.03 Å². The van der Waals surface area contributed by atoms with Crippen LogP contribution in [0.4, 0.5) is 4.79 Å². The molecule has 5 heteroatoms. The zero-order valence-corrected chi connectivity index (χ0v) is 8.30. The molecule has 1 rings (SSSR count). The fourth-order valence-electron chi connectivity index (χ4n) is 1.18. The number of alkyl halides is 1. The molecule has 0 atom stereocenters. The monoisotopic (exact) mass is 204 g/mol. The molecular formula is C8H13ClN2O2. The first-order valence-electron chi connectivity index (χ1n) is 4.27. The molecule has 0 aromatic carbocycles. The Kier molecular flexibility index (Phi) is 3.54. The molecule has 0 aliphatic heterocycles. The number of carbonyl (C=O) groups excluding carboxylic acids is 2. The Balaban J connectivity index is 2.33. The van der Waals surface area contributed by atoms with E-state index in [1.807, 2.05) is 0 Å². The number of halogens is 1. The van der Waals surface area contributed by atoms with Crippen molar-refractivity contribution in [3.05, 3.63) is 0 Å². The van der Waals surface area contributed by atoms with Gasteiger partial charge in [0, 0.05) is 13.1 Å². The molecule has 0 aromatic heterocycles. The summed E-state index contributed by atoms with van der Waals surface area (Å²) in [6.45, 7) is 0. The number of imide groups is 1. The van der Waals surface area contributed by atoms with Gasteiger partial charge in [-0.25, -0.2) is 4.79 Å². The highest BCUT2D eigenvalue weighted by Gasteiger charge is 2.26. The van der Waals surface area contributed by atoms with Crippen molar-refractivity contribution in [2.45, 2.75) is 25.3 Å². The average molecular weight is 205 g/mol. The third-order valence-corrected chi connectivity index (χ3v) is 2.55. The summed E-state index contributed by atoms with van der Waals surface area (Å²) in [5.41, 5.74) is 0. The fourth-order valence-corrected chi connectivity index (χ4v) is 1.25. The Morgan fingerprint density at radius 3 is 2.54 bits per heavy atom. The maximum atomic E-state index is 11.3. The standard InChI is InChI=1S/C8H13ClN2O2/c1-11(6-3-2-4-6)8(13)10-7(12)5-9/h6H,2-5H2,1H3,(H,10,12,13). The van der Waals surface area contributed by atoms with Crippen LogP contribution in [0.2, 0.25) is 0 Å². The van der Waals surface area contributed by atoms with E-state index in [1.165, 1.54) is 0 Å². The molecule has 4 nitrogen and oxygen atoms in total. The molecule has 3 amide bonds. The minimum absolute atomic E-state index is 0.176. The molecule has 0 bridgehead atoms. The molecule has 0 aromatic rings. The Morgan fingerprint density at radius 2 is 2.15 bits per heavy atom. The van der Waals surface area contributed by atoms with Crippen molar-refractivity contribution in [2.24, 2.45) is 0 Å². The molecule has 1 saturated carbocycles. The van der Waals surface area contributed by atoms with Gasteiger partial charge in [-0.15, -0.1) is 11.6 Å². The number of rotatable bonds is 2. The summed E-state index contributed by atoms with van der Waals surface area (Å²) in [6, 6.07) is -0.0570. The molecule has 0 unspecified atom stereocenters. The van der Waals surface area contributed by atoms with Gasteiger partial charge in [0.15, 0.2) is 0 Å². The minimum atomic E-state index is -0.446. The molecule has 1 aliphatic rings. The highest BCUT2D eigenvalue weighted by atomic mass is 35.5. The summed E-state index contributed by atoms with van der Waals surface area (Å²) in [5.74, 6) is -0.623. The van der Waals surface area contributed by atoms with Crippen LogP contribution in [0.25, 0.3) is 0 Å². The van der Waals surface area contributed by atoms with Crippen molar-refractivity contribution in [1.82, 2.24) is 10.2 Å². The maximum absolute atomic E-state index is 11.3. The quantitative estimate of drug-likeness (QED) is 0.681. The number of urea groups is 1. The minimum Gasteiger partial charge on any atom is -0.325 e. The second kappa shape index (κ2) is 4.46. The van der Waals surface area contributed by atoms with Crippen LogP contribution in [0.3, 0.4) is 0 Å². The molecule has 1 fully saturated rings. The predicted octanol–water partition coefficient (Wildman–Crippen LogP) is 0.946. The number of hydrogen-bond acceptors (Lipinski definition) is 2. The lowest BCUT2D eigenvalue weighted by Gasteiger charge is -2.34. The largest absolute Gasteiger partial charge is 0.325 e. The van der Waals surface area contributed by atoms with Crippen LogP contribution in [0.1, 0.15) is 19.3 Å². The lowest BCUT2D eigenvalue weighted by Crippen LogP contribution is -2.48. The van der Waals surface area contributed by atoms with E-state index in [0.717, 1.165) is 19.3 Å². The maximum Gasteiger partial charge on any atom is 0.324 e. The zero-order valence-electron chi connectivity index (χ0n) is 7.55. The van der Waals surface area contributed by atoms with Gasteiger partial charge in [-0.2, -0.15) is 0 Å². The molecule has 0 heterocycles. The fraction of sp³-hybridized carbons (Fsp3) is 0.750. The number of carbonyl (C=O) groups is 2. The summed E-state index contributed by atoms with van der Waals surface area (Å²) in [7, 11) is 1.70. The SMILES string of the molecule is CN(C(=O)NC(=O)CCl)C1CCC1. The van der Waals surface area contributed by atoms with Gasteiger partial charge in [0.2, 0.25) is 5.91 Å². The summed E-state index contributed by atoms with van der Waals surface area (Å²) in [6.07, 6.45) is 3.21. The van der Waals surface area contributed by atoms with Crippen molar-refractivity contribution in [1.29, 1.82) is 0 Å².